The van der Waals surface area contributed by atoms with Crippen LogP contribution in [0.25, 0.3) is 0 Å². The Kier molecular flexibility index (Phi) is 9.74. The second kappa shape index (κ2) is 11.8. The Balaban J connectivity index is 0.00000114. The van der Waals surface area contributed by atoms with Crippen LogP contribution in [0.5, 0.6) is 5.75 Å². The number of rotatable bonds is 6. The molecule has 1 aromatic rings. The van der Waals surface area contributed by atoms with Crippen molar-refractivity contribution in [3.05, 3.63) is 42.6 Å². The number of aromatic nitrogens is 1. The van der Waals surface area contributed by atoms with Gasteiger partial charge in [0.25, 0.3) is 0 Å². The lowest BCUT2D eigenvalue weighted by atomic mass is 10.0. The van der Waals surface area contributed by atoms with Crippen molar-refractivity contribution in [2.75, 3.05) is 25.1 Å². The number of hydrogen-bond donors (Lipinski definition) is 0. The van der Waals surface area contributed by atoms with Gasteiger partial charge in [0.1, 0.15) is 17.3 Å². The number of methoxy groups -OCH3 is 1. The molecule has 0 bridgehead atoms. The molecule has 2 heterocycles. The number of nitrogens with zero attached hydrogens (tertiary/aromatic N) is 4. The summed E-state index contributed by atoms with van der Waals surface area (Å²) in [4.78, 5) is 13.3. The molecule has 5 nitrogen and oxygen atoms in total. The molecule has 0 atom stereocenters. The molecule has 0 aliphatic carbocycles. The summed E-state index contributed by atoms with van der Waals surface area (Å²) in [5.41, 5.74) is 2.00. The molecule has 1 saturated heterocycles. The Labute approximate surface area is 164 Å². The molecule has 0 N–H and O–H groups in total. The maximum atomic E-state index is 5.51. The van der Waals surface area contributed by atoms with Gasteiger partial charge in [0.15, 0.2) is 0 Å². The first-order chi connectivity index (χ1) is 13.0. The fourth-order valence-corrected chi connectivity index (χ4v) is 3.27. The molecule has 0 aromatic carbocycles. The summed E-state index contributed by atoms with van der Waals surface area (Å²) < 4.78 is 5.51. The highest BCUT2D eigenvalue weighted by atomic mass is 16.5. The maximum Gasteiger partial charge on any atom is 0.145 e. The second-order valence-electron chi connectivity index (χ2n) is 6.19. The van der Waals surface area contributed by atoms with Crippen LogP contribution in [-0.2, 0) is 0 Å². The monoisotopic (exact) mass is 368 g/mol. The Hall–Kier alpha value is -2.74. The van der Waals surface area contributed by atoms with Gasteiger partial charge in [0.2, 0.25) is 0 Å². The van der Waals surface area contributed by atoms with Gasteiger partial charge < -0.3 is 14.5 Å². The first-order valence-corrected chi connectivity index (χ1v) is 9.23. The SMILES string of the molecule is C#CC.C=C(C)N(c1cnccc1OC)C1CCN(C(=C/C)/N=C\C)CC1. The second-order valence-corrected chi connectivity index (χ2v) is 6.19. The highest BCUT2D eigenvalue weighted by Crippen LogP contribution is 2.34. The number of piperidine rings is 1. The van der Waals surface area contributed by atoms with E-state index in [-0.39, 0.29) is 0 Å². The van der Waals surface area contributed by atoms with Crippen molar-refractivity contribution in [1.82, 2.24) is 9.88 Å². The zero-order chi connectivity index (χ0) is 20.2. The molecule has 0 radical (unpaired) electrons. The fourth-order valence-electron chi connectivity index (χ4n) is 3.27. The summed E-state index contributed by atoms with van der Waals surface area (Å²) in [5, 5.41) is 0. The predicted molar refractivity (Wildman–Crippen MR) is 115 cm³/mol. The average Bonchev–Trinajstić information content (AvgIpc) is 2.68. The largest absolute Gasteiger partial charge is 0.494 e. The molecule has 0 amide bonds. The third-order valence-corrected chi connectivity index (χ3v) is 4.33. The van der Waals surface area contributed by atoms with Crippen LogP contribution in [0, 0.1) is 12.3 Å². The van der Waals surface area contributed by atoms with E-state index in [1.54, 1.807) is 20.2 Å². The van der Waals surface area contributed by atoms with Crippen LogP contribution in [0.1, 0.15) is 40.5 Å². The zero-order valence-electron chi connectivity index (χ0n) is 17.3. The van der Waals surface area contributed by atoms with Gasteiger partial charge >= 0.3 is 0 Å². The third-order valence-electron chi connectivity index (χ3n) is 4.33. The minimum Gasteiger partial charge on any atom is -0.494 e. The average molecular weight is 369 g/mol. The number of likely N-dealkylation sites (tertiary alicyclic amines) is 1. The van der Waals surface area contributed by atoms with Gasteiger partial charge in [-0.1, -0.05) is 6.58 Å². The summed E-state index contributed by atoms with van der Waals surface area (Å²) in [6.07, 6.45) is 14.2. The number of anilines is 1. The minimum atomic E-state index is 0.389. The van der Waals surface area contributed by atoms with Gasteiger partial charge in [-0.05, 0) is 46.6 Å². The third kappa shape index (κ3) is 6.18. The Morgan fingerprint density at radius 3 is 2.56 bits per heavy atom. The van der Waals surface area contributed by atoms with E-state index in [1.807, 2.05) is 39.2 Å². The van der Waals surface area contributed by atoms with Gasteiger partial charge in [0, 0.05) is 43.3 Å². The molecular formula is C22H32N4O. The fraction of sp³-hybridized carbons (Fsp3) is 0.455. The van der Waals surface area contributed by atoms with Crippen molar-refractivity contribution in [3.63, 3.8) is 0 Å². The molecule has 0 unspecified atom stereocenters. The van der Waals surface area contributed by atoms with Crippen molar-refractivity contribution in [2.45, 2.75) is 46.6 Å². The zero-order valence-corrected chi connectivity index (χ0v) is 17.3. The molecule has 1 aromatic heterocycles. The number of aliphatic imine (C=N–C) groups is 1. The van der Waals surface area contributed by atoms with E-state index < -0.39 is 0 Å². The van der Waals surface area contributed by atoms with Gasteiger partial charge in [0.05, 0.1) is 13.3 Å². The summed E-state index contributed by atoms with van der Waals surface area (Å²) in [7, 11) is 1.69. The smallest absolute Gasteiger partial charge is 0.145 e. The van der Waals surface area contributed by atoms with Crippen LogP contribution in [0.4, 0.5) is 5.69 Å². The van der Waals surface area contributed by atoms with E-state index in [1.165, 1.54) is 0 Å². The molecule has 0 saturated carbocycles. The summed E-state index contributed by atoms with van der Waals surface area (Å²) in [6.45, 7) is 13.8. The van der Waals surface area contributed by atoms with E-state index in [9.17, 15) is 0 Å². The van der Waals surface area contributed by atoms with Crippen molar-refractivity contribution in [1.29, 1.82) is 0 Å². The van der Waals surface area contributed by atoms with Crippen LogP contribution < -0.4 is 9.64 Å². The highest BCUT2D eigenvalue weighted by molar-refractivity contribution is 5.61. The Bertz CT molecular complexity index is 695. The Morgan fingerprint density at radius 2 is 2.07 bits per heavy atom. The molecule has 5 heteroatoms. The molecule has 146 valence electrons. The van der Waals surface area contributed by atoms with E-state index in [4.69, 9.17) is 4.74 Å². The molecular weight excluding hydrogens is 336 g/mol. The quantitative estimate of drug-likeness (QED) is 0.548. The normalized spacial score (nSPS) is 15.0. The molecule has 1 aliphatic rings. The standard InChI is InChI=1S/C19H28N4O.C3H4/c1-6-19(21-7-2)22-12-9-16(10-13-22)23(15(3)4)17-14-20-11-8-18(17)24-5;1-3-2/h6-8,11,14,16H,3,9-10,12-13H2,1-2,4-5H3;1H,2H3/b19-6+,21-7-;. The van der Waals surface area contributed by atoms with Crippen LogP contribution in [0.2, 0.25) is 0 Å². The first-order valence-electron chi connectivity index (χ1n) is 9.23. The van der Waals surface area contributed by atoms with Crippen LogP contribution in [0.3, 0.4) is 0 Å². The lowest BCUT2D eigenvalue weighted by Gasteiger charge is -2.40. The number of ether oxygens (including phenoxy) is 1. The van der Waals surface area contributed by atoms with Gasteiger partial charge in [-0.3, -0.25) is 4.98 Å². The van der Waals surface area contributed by atoms with Crippen LogP contribution in [0.15, 0.2) is 47.6 Å². The van der Waals surface area contributed by atoms with Crippen LogP contribution in [-0.4, -0.2) is 42.3 Å². The lowest BCUT2D eigenvalue weighted by molar-refractivity contribution is 0.258. The van der Waals surface area contributed by atoms with Gasteiger partial charge in [-0.25, -0.2) is 4.99 Å². The Morgan fingerprint density at radius 1 is 1.44 bits per heavy atom. The summed E-state index contributed by atoms with van der Waals surface area (Å²) >= 11 is 0. The molecule has 0 spiro atoms. The minimum absolute atomic E-state index is 0.389. The van der Waals surface area contributed by atoms with Crippen molar-refractivity contribution in [3.8, 4) is 18.1 Å². The lowest BCUT2D eigenvalue weighted by Crippen LogP contribution is -2.43. The predicted octanol–water partition coefficient (Wildman–Crippen LogP) is 4.49. The van der Waals surface area contributed by atoms with Crippen molar-refractivity contribution >= 4 is 11.9 Å². The summed E-state index contributed by atoms with van der Waals surface area (Å²) in [5.74, 6) is 4.14. The first kappa shape index (κ1) is 22.3. The van der Waals surface area contributed by atoms with Gasteiger partial charge in [-0.15, -0.1) is 12.3 Å². The van der Waals surface area contributed by atoms with Crippen molar-refractivity contribution in [2.24, 2.45) is 4.99 Å². The maximum absolute atomic E-state index is 5.51. The van der Waals surface area contributed by atoms with Gasteiger partial charge in [-0.2, -0.15) is 0 Å². The van der Waals surface area contributed by atoms with E-state index >= 15 is 0 Å². The molecule has 1 fully saturated rings. The molecule has 27 heavy (non-hydrogen) atoms. The number of terminal acetylenes is 1. The van der Waals surface area contributed by atoms with E-state index in [0.29, 0.717) is 6.04 Å². The van der Waals surface area contributed by atoms with E-state index in [0.717, 1.165) is 48.9 Å². The highest BCUT2D eigenvalue weighted by Gasteiger charge is 2.27. The van der Waals surface area contributed by atoms with Crippen LogP contribution >= 0.6 is 0 Å². The van der Waals surface area contributed by atoms with Crippen molar-refractivity contribution < 1.29 is 4.74 Å². The summed E-state index contributed by atoms with van der Waals surface area (Å²) in [6, 6.07) is 2.29. The van der Waals surface area contributed by atoms with E-state index in [2.05, 4.69) is 44.8 Å². The number of pyridine rings is 1. The molecule has 2 rings (SSSR count). The molecule has 1 aliphatic heterocycles. The number of hydrogen-bond acceptors (Lipinski definition) is 5. The number of allylic oxidation sites excluding steroid dienone is 2. The topological polar surface area (TPSA) is 41.0 Å².